The van der Waals surface area contributed by atoms with Gasteiger partial charge in [-0.2, -0.15) is 0 Å². The second-order valence-corrected chi connectivity index (χ2v) is 7.06. The number of hydrogen-bond donors (Lipinski definition) is 1. The molecule has 0 bridgehead atoms. The van der Waals surface area contributed by atoms with Gasteiger partial charge in [0.2, 0.25) is 0 Å². The first-order valence-electron chi connectivity index (χ1n) is 6.91. The number of thiophene rings is 1. The van der Waals surface area contributed by atoms with Gasteiger partial charge in [-0.1, -0.05) is 23.8 Å². The smallest absolute Gasteiger partial charge is 0.412 e. The van der Waals surface area contributed by atoms with Gasteiger partial charge in [0.25, 0.3) is 0 Å². The van der Waals surface area contributed by atoms with Crippen molar-refractivity contribution in [2.45, 2.75) is 40.2 Å². The van der Waals surface area contributed by atoms with Crippen LogP contribution in [0.25, 0.3) is 11.1 Å². The maximum absolute atomic E-state index is 11.8. The Balaban J connectivity index is 2.13. The number of rotatable bonds is 2. The first-order chi connectivity index (χ1) is 9.74. The molecule has 1 N–H and O–H groups in total. The van der Waals surface area contributed by atoms with Gasteiger partial charge >= 0.3 is 6.09 Å². The third-order valence-corrected chi connectivity index (χ3v) is 3.76. The highest BCUT2D eigenvalue weighted by molar-refractivity contribution is 7.14. The SMILES string of the molecule is Cc1ccc(-c2csc(NC(=O)OC(C)(C)C)c2)c(C)c1. The summed E-state index contributed by atoms with van der Waals surface area (Å²) in [5.74, 6) is 0. The summed E-state index contributed by atoms with van der Waals surface area (Å²) >= 11 is 1.50. The minimum Gasteiger partial charge on any atom is -0.444 e. The van der Waals surface area contributed by atoms with Gasteiger partial charge in [0.15, 0.2) is 0 Å². The molecule has 2 rings (SSSR count). The van der Waals surface area contributed by atoms with Crippen molar-refractivity contribution in [2.24, 2.45) is 0 Å². The van der Waals surface area contributed by atoms with Crippen LogP contribution in [0.2, 0.25) is 0 Å². The summed E-state index contributed by atoms with van der Waals surface area (Å²) in [5, 5.41) is 5.61. The van der Waals surface area contributed by atoms with Gasteiger partial charge in [-0.25, -0.2) is 4.79 Å². The third kappa shape index (κ3) is 4.33. The summed E-state index contributed by atoms with van der Waals surface area (Å²) in [5.41, 5.74) is 4.30. The molecule has 0 radical (unpaired) electrons. The minimum atomic E-state index is -0.488. The first kappa shape index (κ1) is 15.6. The molecule has 0 aliphatic heterocycles. The van der Waals surface area contributed by atoms with E-state index >= 15 is 0 Å². The second-order valence-electron chi connectivity index (χ2n) is 6.14. The van der Waals surface area contributed by atoms with E-state index in [9.17, 15) is 4.79 Å². The molecule has 0 saturated carbocycles. The molecule has 0 saturated heterocycles. The number of nitrogens with one attached hydrogen (secondary N) is 1. The largest absolute Gasteiger partial charge is 0.444 e. The Labute approximate surface area is 130 Å². The van der Waals surface area contributed by atoms with E-state index in [1.54, 1.807) is 0 Å². The van der Waals surface area contributed by atoms with Crippen LogP contribution >= 0.6 is 11.3 Å². The first-order valence-corrected chi connectivity index (χ1v) is 7.79. The van der Waals surface area contributed by atoms with Crippen molar-refractivity contribution in [3.8, 4) is 11.1 Å². The van der Waals surface area contributed by atoms with Crippen LogP contribution in [0.15, 0.2) is 29.6 Å². The van der Waals surface area contributed by atoms with Crippen molar-refractivity contribution < 1.29 is 9.53 Å². The lowest BCUT2D eigenvalue weighted by atomic mass is 10.0. The van der Waals surface area contributed by atoms with Crippen LogP contribution in [0.1, 0.15) is 31.9 Å². The normalized spacial score (nSPS) is 11.3. The lowest BCUT2D eigenvalue weighted by Gasteiger charge is -2.19. The number of benzene rings is 1. The minimum absolute atomic E-state index is 0.420. The van der Waals surface area contributed by atoms with Gasteiger partial charge in [-0.15, -0.1) is 11.3 Å². The summed E-state index contributed by atoms with van der Waals surface area (Å²) in [7, 11) is 0. The van der Waals surface area contributed by atoms with Crippen molar-refractivity contribution in [3.63, 3.8) is 0 Å². The highest BCUT2D eigenvalue weighted by atomic mass is 32.1. The van der Waals surface area contributed by atoms with E-state index in [2.05, 4.69) is 37.4 Å². The van der Waals surface area contributed by atoms with E-state index < -0.39 is 11.7 Å². The summed E-state index contributed by atoms with van der Waals surface area (Å²) in [6.45, 7) is 9.73. The van der Waals surface area contributed by atoms with E-state index in [0.29, 0.717) is 0 Å². The number of anilines is 1. The Morgan fingerprint density at radius 1 is 1.19 bits per heavy atom. The van der Waals surface area contributed by atoms with Crippen LogP contribution in [0.4, 0.5) is 9.80 Å². The van der Waals surface area contributed by atoms with Gasteiger partial charge in [0.1, 0.15) is 5.60 Å². The van der Waals surface area contributed by atoms with E-state index in [4.69, 9.17) is 4.74 Å². The zero-order valence-corrected chi connectivity index (χ0v) is 13.9. The molecule has 0 atom stereocenters. The molecule has 0 aliphatic rings. The van der Waals surface area contributed by atoms with E-state index in [-0.39, 0.29) is 0 Å². The maximum Gasteiger partial charge on any atom is 0.412 e. The van der Waals surface area contributed by atoms with Crippen molar-refractivity contribution in [3.05, 3.63) is 40.8 Å². The standard InChI is InChI=1S/C17H21NO2S/c1-11-6-7-14(12(2)8-11)13-9-15(21-10-13)18-16(19)20-17(3,4)5/h6-10H,1-5H3,(H,18,19). The number of amides is 1. The highest BCUT2D eigenvalue weighted by Crippen LogP contribution is 2.31. The summed E-state index contributed by atoms with van der Waals surface area (Å²) in [6.07, 6.45) is -0.420. The number of ether oxygens (including phenoxy) is 1. The van der Waals surface area contributed by atoms with Crippen LogP contribution < -0.4 is 5.32 Å². The molecule has 1 heterocycles. The van der Waals surface area contributed by atoms with Gasteiger partial charge in [-0.3, -0.25) is 5.32 Å². The third-order valence-electron chi connectivity index (χ3n) is 2.92. The lowest BCUT2D eigenvalue weighted by molar-refractivity contribution is 0.0636. The van der Waals surface area contributed by atoms with Gasteiger partial charge in [0.05, 0.1) is 5.00 Å². The van der Waals surface area contributed by atoms with Crippen LogP contribution in [0.3, 0.4) is 0 Å². The monoisotopic (exact) mass is 303 g/mol. The molecule has 112 valence electrons. The van der Waals surface area contributed by atoms with E-state index in [0.717, 1.165) is 10.6 Å². The van der Waals surface area contributed by atoms with Crippen LogP contribution in [0.5, 0.6) is 0 Å². The van der Waals surface area contributed by atoms with Crippen molar-refractivity contribution >= 4 is 22.4 Å². The topological polar surface area (TPSA) is 38.3 Å². The molecule has 3 nitrogen and oxygen atoms in total. The zero-order valence-electron chi connectivity index (χ0n) is 13.1. The predicted molar refractivity (Wildman–Crippen MR) is 89.1 cm³/mol. The molecule has 21 heavy (non-hydrogen) atoms. The van der Waals surface area contributed by atoms with Gasteiger partial charge in [0, 0.05) is 5.38 Å². The molecule has 2 aromatic rings. The van der Waals surface area contributed by atoms with Crippen molar-refractivity contribution in [1.82, 2.24) is 0 Å². The number of aryl methyl sites for hydroxylation is 2. The fraction of sp³-hybridized carbons (Fsp3) is 0.353. The molecular weight excluding hydrogens is 282 g/mol. The van der Waals surface area contributed by atoms with Crippen LogP contribution in [0, 0.1) is 13.8 Å². The van der Waals surface area contributed by atoms with Crippen LogP contribution in [-0.2, 0) is 4.74 Å². The van der Waals surface area contributed by atoms with E-state index in [1.807, 2.05) is 32.2 Å². The Morgan fingerprint density at radius 3 is 2.52 bits per heavy atom. The summed E-state index contributed by atoms with van der Waals surface area (Å²) < 4.78 is 5.25. The summed E-state index contributed by atoms with van der Waals surface area (Å²) in [4.78, 5) is 11.8. The molecule has 0 aliphatic carbocycles. The lowest BCUT2D eigenvalue weighted by Crippen LogP contribution is -2.26. The molecule has 0 unspecified atom stereocenters. The molecule has 1 aromatic heterocycles. The molecule has 1 aromatic carbocycles. The quantitative estimate of drug-likeness (QED) is 0.809. The summed E-state index contributed by atoms with van der Waals surface area (Å²) in [6, 6.07) is 8.35. The molecule has 1 amide bonds. The Morgan fingerprint density at radius 2 is 1.90 bits per heavy atom. The maximum atomic E-state index is 11.8. The number of carbonyl (C=O) groups excluding carboxylic acids is 1. The highest BCUT2D eigenvalue weighted by Gasteiger charge is 2.17. The molecule has 0 fully saturated rings. The van der Waals surface area contributed by atoms with Gasteiger partial charge in [-0.05, 0) is 57.4 Å². The predicted octanol–water partition coefficient (Wildman–Crippen LogP) is 5.38. The number of hydrogen-bond acceptors (Lipinski definition) is 3. The van der Waals surface area contributed by atoms with Gasteiger partial charge < -0.3 is 4.74 Å². The average Bonchev–Trinajstić information content (AvgIpc) is 2.74. The van der Waals surface area contributed by atoms with E-state index in [1.165, 1.54) is 28.0 Å². The van der Waals surface area contributed by atoms with Crippen molar-refractivity contribution in [1.29, 1.82) is 0 Å². The average molecular weight is 303 g/mol. The molecular formula is C17H21NO2S. The Kier molecular flexibility index (Phi) is 4.37. The molecule has 0 spiro atoms. The fourth-order valence-electron chi connectivity index (χ4n) is 2.08. The number of carbonyl (C=O) groups is 1. The van der Waals surface area contributed by atoms with Crippen LogP contribution in [-0.4, -0.2) is 11.7 Å². The second kappa shape index (κ2) is 5.90. The fourth-order valence-corrected chi connectivity index (χ4v) is 2.87. The Bertz CT molecular complexity index is 653. The Hall–Kier alpha value is -1.81. The molecule has 4 heteroatoms. The zero-order chi connectivity index (χ0) is 15.6. The van der Waals surface area contributed by atoms with Crippen molar-refractivity contribution in [2.75, 3.05) is 5.32 Å².